The van der Waals surface area contributed by atoms with E-state index in [0.717, 1.165) is 24.2 Å². The van der Waals surface area contributed by atoms with Crippen LogP contribution in [0.5, 0.6) is 0 Å². The molecule has 2 nitrogen and oxygen atoms in total. The fourth-order valence-electron chi connectivity index (χ4n) is 4.15. The molecule has 0 heterocycles. The predicted octanol–water partition coefficient (Wildman–Crippen LogP) is 3.49. The van der Waals surface area contributed by atoms with Crippen LogP contribution in [-0.2, 0) is 6.42 Å². The second kappa shape index (κ2) is 6.10. The normalized spacial score (nSPS) is 30.7. The first-order valence-electron chi connectivity index (χ1n) is 7.45. The van der Waals surface area contributed by atoms with Crippen molar-refractivity contribution in [3.8, 4) is 0 Å². The third-order valence-electron chi connectivity index (χ3n) is 5.10. The fraction of sp³-hybridized carbons (Fsp3) is 0.625. The molecule has 1 aromatic carbocycles. The van der Waals surface area contributed by atoms with E-state index in [9.17, 15) is 0 Å². The quantitative estimate of drug-likeness (QED) is 0.473. The van der Waals surface area contributed by atoms with Gasteiger partial charge in [0.15, 0.2) is 0 Å². The minimum atomic E-state index is 0.435. The second-order valence-electron chi connectivity index (χ2n) is 6.36. The van der Waals surface area contributed by atoms with Crippen LogP contribution in [0.2, 0.25) is 0 Å². The van der Waals surface area contributed by atoms with Gasteiger partial charge in [0.25, 0.3) is 0 Å². The Bertz CT molecular complexity index is 417. The van der Waals surface area contributed by atoms with E-state index >= 15 is 0 Å². The van der Waals surface area contributed by atoms with Crippen molar-refractivity contribution in [3.63, 3.8) is 0 Å². The lowest BCUT2D eigenvalue weighted by Gasteiger charge is -2.26. The van der Waals surface area contributed by atoms with Gasteiger partial charge in [-0.15, -0.1) is 0 Å². The Kier molecular flexibility index (Phi) is 4.44. The maximum absolute atomic E-state index is 5.78. The van der Waals surface area contributed by atoms with Gasteiger partial charge < -0.3 is 0 Å². The Hall–Kier alpha value is -0.130. The number of nitrogens with two attached hydrogens (primary N) is 1. The van der Waals surface area contributed by atoms with Crippen molar-refractivity contribution in [1.29, 1.82) is 0 Å². The summed E-state index contributed by atoms with van der Waals surface area (Å²) in [6, 6.07) is 9.26. The minimum Gasteiger partial charge on any atom is -0.271 e. The summed E-state index contributed by atoms with van der Waals surface area (Å²) >= 11 is 2.35. The Balaban J connectivity index is 1.57. The minimum absolute atomic E-state index is 0.435. The molecule has 104 valence electrons. The number of hydrogen-bond acceptors (Lipinski definition) is 2. The lowest BCUT2D eigenvalue weighted by atomic mass is 9.83. The summed E-state index contributed by atoms with van der Waals surface area (Å²) in [7, 11) is 0. The van der Waals surface area contributed by atoms with Gasteiger partial charge in [-0.25, -0.2) is 0 Å². The van der Waals surface area contributed by atoms with Crippen LogP contribution in [0, 0.1) is 21.3 Å². The molecule has 2 saturated carbocycles. The van der Waals surface area contributed by atoms with Crippen LogP contribution >= 0.6 is 22.6 Å². The molecule has 2 bridgehead atoms. The highest BCUT2D eigenvalue weighted by atomic mass is 127. The smallest absolute Gasteiger partial charge is 0.0253 e. The molecule has 4 unspecified atom stereocenters. The highest BCUT2D eigenvalue weighted by Crippen LogP contribution is 2.49. The summed E-state index contributed by atoms with van der Waals surface area (Å²) in [5.74, 6) is 8.73. The maximum atomic E-state index is 5.78. The highest BCUT2D eigenvalue weighted by Gasteiger charge is 2.39. The third-order valence-corrected chi connectivity index (χ3v) is 5.82. The molecule has 0 radical (unpaired) electrons. The summed E-state index contributed by atoms with van der Waals surface area (Å²) in [6.07, 6.45) is 8.21. The molecule has 4 atom stereocenters. The molecular weight excluding hydrogens is 347 g/mol. The van der Waals surface area contributed by atoms with Crippen molar-refractivity contribution in [3.05, 3.63) is 33.4 Å². The van der Waals surface area contributed by atoms with Gasteiger partial charge >= 0.3 is 0 Å². The van der Waals surface area contributed by atoms with Gasteiger partial charge in [0.1, 0.15) is 0 Å². The molecule has 3 rings (SSSR count). The average molecular weight is 370 g/mol. The van der Waals surface area contributed by atoms with E-state index in [2.05, 4.69) is 52.3 Å². The zero-order valence-corrected chi connectivity index (χ0v) is 13.5. The topological polar surface area (TPSA) is 38.0 Å². The lowest BCUT2D eigenvalue weighted by Crippen LogP contribution is -2.39. The third kappa shape index (κ3) is 3.31. The molecule has 3 N–H and O–H groups in total. The van der Waals surface area contributed by atoms with Gasteiger partial charge in [0.2, 0.25) is 0 Å². The van der Waals surface area contributed by atoms with Crippen molar-refractivity contribution in [2.75, 3.05) is 0 Å². The number of nitrogens with one attached hydrogen (secondary N) is 1. The SMILES string of the molecule is NNC(Cc1ccc(I)cc1)CC1CC2CCC1C2. The fourth-order valence-corrected chi connectivity index (χ4v) is 4.51. The number of hydrogen-bond donors (Lipinski definition) is 2. The summed E-state index contributed by atoms with van der Waals surface area (Å²) in [5, 5.41) is 0. The Morgan fingerprint density at radius 3 is 2.58 bits per heavy atom. The maximum Gasteiger partial charge on any atom is 0.0253 e. The average Bonchev–Trinajstić information content (AvgIpc) is 3.03. The van der Waals surface area contributed by atoms with Crippen molar-refractivity contribution in [2.45, 2.75) is 44.6 Å². The molecule has 2 fully saturated rings. The van der Waals surface area contributed by atoms with Gasteiger partial charge in [0, 0.05) is 9.61 Å². The number of halogens is 1. The van der Waals surface area contributed by atoms with Crippen LogP contribution in [0.15, 0.2) is 24.3 Å². The first kappa shape index (κ1) is 13.8. The van der Waals surface area contributed by atoms with Crippen molar-refractivity contribution in [2.24, 2.45) is 23.6 Å². The molecule has 19 heavy (non-hydrogen) atoms. The monoisotopic (exact) mass is 370 g/mol. The molecule has 0 amide bonds. The predicted molar refractivity (Wildman–Crippen MR) is 87.5 cm³/mol. The van der Waals surface area contributed by atoms with E-state index in [1.807, 2.05) is 0 Å². The van der Waals surface area contributed by atoms with Crippen LogP contribution in [-0.4, -0.2) is 6.04 Å². The van der Waals surface area contributed by atoms with Gasteiger partial charge in [0.05, 0.1) is 0 Å². The number of hydrazine groups is 1. The first-order valence-corrected chi connectivity index (χ1v) is 8.53. The number of benzene rings is 1. The van der Waals surface area contributed by atoms with Crippen LogP contribution in [0.1, 0.15) is 37.7 Å². The Morgan fingerprint density at radius 1 is 1.21 bits per heavy atom. The second-order valence-corrected chi connectivity index (χ2v) is 7.61. The van der Waals surface area contributed by atoms with Crippen LogP contribution in [0.25, 0.3) is 0 Å². The van der Waals surface area contributed by atoms with E-state index < -0.39 is 0 Å². The lowest BCUT2D eigenvalue weighted by molar-refractivity contribution is 0.277. The molecule has 3 heteroatoms. The van der Waals surface area contributed by atoms with Gasteiger partial charge in [-0.3, -0.25) is 11.3 Å². The van der Waals surface area contributed by atoms with Crippen molar-refractivity contribution in [1.82, 2.24) is 5.43 Å². The molecule has 2 aliphatic carbocycles. The van der Waals surface area contributed by atoms with E-state index in [1.165, 1.54) is 41.2 Å². The first-order chi connectivity index (χ1) is 9.24. The number of fused-ring (bicyclic) bond motifs is 2. The zero-order valence-electron chi connectivity index (χ0n) is 11.3. The Labute approximate surface area is 129 Å². The van der Waals surface area contributed by atoms with Crippen LogP contribution in [0.4, 0.5) is 0 Å². The van der Waals surface area contributed by atoms with Gasteiger partial charge in [-0.05, 0) is 90.1 Å². The molecule has 0 aromatic heterocycles. The zero-order chi connectivity index (χ0) is 13.2. The van der Waals surface area contributed by atoms with Gasteiger partial charge in [-0.1, -0.05) is 18.6 Å². The Morgan fingerprint density at radius 2 is 2.00 bits per heavy atom. The molecule has 0 saturated heterocycles. The molecule has 2 aliphatic rings. The summed E-state index contributed by atoms with van der Waals surface area (Å²) in [6.45, 7) is 0. The molecular formula is C16H23IN2. The van der Waals surface area contributed by atoms with Crippen molar-refractivity contribution >= 4 is 22.6 Å². The summed E-state index contributed by atoms with van der Waals surface area (Å²) < 4.78 is 1.30. The highest BCUT2D eigenvalue weighted by molar-refractivity contribution is 14.1. The molecule has 0 spiro atoms. The number of rotatable bonds is 5. The molecule has 1 aromatic rings. The van der Waals surface area contributed by atoms with Crippen LogP contribution < -0.4 is 11.3 Å². The summed E-state index contributed by atoms with van der Waals surface area (Å²) in [4.78, 5) is 0. The largest absolute Gasteiger partial charge is 0.271 e. The van der Waals surface area contributed by atoms with E-state index in [4.69, 9.17) is 5.84 Å². The summed E-state index contributed by atoms with van der Waals surface area (Å²) in [5.41, 5.74) is 4.44. The van der Waals surface area contributed by atoms with Crippen LogP contribution in [0.3, 0.4) is 0 Å². The van der Waals surface area contributed by atoms with E-state index in [0.29, 0.717) is 6.04 Å². The van der Waals surface area contributed by atoms with E-state index in [-0.39, 0.29) is 0 Å². The van der Waals surface area contributed by atoms with E-state index in [1.54, 1.807) is 0 Å². The molecule has 0 aliphatic heterocycles. The van der Waals surface area contributed by atoms with Gasteiger partial charge in [-0.2, -0.15) is 0 Å². The van der Waals surface area contributed by atoms with Crippen molar-refractivity contribution < 1.29 is 0 Å². The standard InChI is InChI=1S/C16H23IN2/c17-15-5-2-11(3-6-15)9-16(19-18)10-14-8-12-1-4-13(14)7-12/h2-3,5-6,12-14,16,19H,1,4,7-10,18H2.